The summed E-state index contributed by atoms with van der Waals surface area (Å²) in [4.78, 5) is 16.1. The number of benzene rings is 2. The summed E-state index contributed by atoms with van der Waals surface area (Å²) in [5.41, 5.74) is 2.34. The van der Waals surface area contributed by atoms with Crippen LogP contribution in [0, 0.1) is 0 Å². The topological polar surface area (TPSA) is 35.5 Å². The van der Waals surface area contributed by atoms with Crippen LogP contribution < -0.4 is 9.80 Å². The van der Waals surface area contributed by atoms with Gasteiger partial charge in [0.1, 0.15) is 5.82 Å². The lowest BCUT2D eigenvalue weighted by Crippen LogP contribution is -2.46. The Bertz CT molecular complexity index is 918. The van der Waals surface area contributed by atoms with E-state index >= 15 is 0 Å². The fraction of sp³-hybridized carbons (Fsp3) is 0.250. The molecule has 0 spiro atoms. The van der Waals surface area contributed by atoms with Crippen molar-refractivity contribution < 1.29 is 0 Å². The second-order valence-corrected chi connectivity index (χ2v) is 7.21. The number of piperazine rings is 1. The van der Waals surface area contributed by atoms with Crippen molar-refractivity contribution in [1.82, 2.24) is 14.9 Å². The van der Waals surface area contributed by atoms with E-state index in [1.54, 1.807) is 0 Å². The standard InChI is InChI=1S/C24H27N5/c1-27(22-12-6-3-7-13-22)24-25-15-14-23(26-24)29-19-17-28(18-20-29)16-8-11-21-9-4-2-5-10-21/h2-15H,16-20H2,1H3/b11-8+. The number of hydrogen-bond acceptors (Lipinski definition) is 5. The molecule has 148 valence electrons. The minimum absolute atomic E-state index is 0.724. The third kappa shape index (κ3) is 5.00. The molecule has 5 heteroatoms. The van der Waals surface area contributed by atoms with Gasteiger partial charge in [-0.2, -0.15) is 4.98 Å². The zero-order valence-electron chi connectivity index (χ0n) is 16.9. The Morgan fingerprint density at radius 3 is 2.31 bits per heavy atom. The van der Waals surface area contributed by atoms with Gasteiger partial charge in [-0.15, -0.1) is 0 Å². The summed E-state index contributed by atoms with van der Waals surface area (Å²) >= 11 is 0. The van der Waals surface area contributed by atoms with Gasteiger partial charge in [0.15, 0.2) is 0 Å². The summed E-state index contributed by atoms with van der Waals surface area (Å²) in [6, 6.07) is 22.7. The molecule has 2 heterocycles. The highest BCUT2D eigenvalue weighted by Gasteiger charge is 2.18. The summed E-state index contributed by atoms with van der Waals surface area (Å²) in [5.74, 6) is 1.72. The summed E-state index contributed by atoms with van der Waals surface area (Å²) in [5, 5.41) is 0. The Morgan fingerprint density at radius 2 is 1.59 bits per heavy atom. The minimum atomic E-state index is 0.724. The van der Waals surface area contributed by atoms with Crippen LogP contribution in [-0.2, 0) is 0 Å². The molecule has 2 aromatic carbocycles. The maximum Gasteiger partial charge on any atom is 0.231 e. The molecule has 29 heavy (non-hydrogen) atoms. The van der Waals surface area contributed by atoms with Crippen molar-refractivity contribution in [2.24, 2.45) is 0 Å². The number of para-hydroxylation sites is 1. The highest BCUT2D eigenvalue weighted by molar-refractivity contribution is 5.57. The van der Waals surface area contributed by atoms with Gasteiger partial charge in [-0.1, -0.05) is 60.7 Å². The quantitative estimate of drug-likeness (QED) is 0.639. The summed E-state index contributed by atoms with van der Waals surface area (Å²) in [6.07, 6.45) is 6.30. The first-order valence-corrected chi connectivity index (χ1v) is 10.1. The summed E-state index contributed by atoms with van der Waals surface area (Å²) in [6.45, 7) is 5.00. The SMILES string of the molecule is CN(c1ccccc1)c1nccc(N2CCN(C/C=C/c3ccccc3)CC2)n1. The van der Waals surface area contributed by atoms with Gasteiger partial charge in [0, 0.05) is 51.7 Å². The van der Waals surface area contributed by atoms with E-state index in [0.29, 0.717) is 0 Å². The van der Waals surface area contributed by atoms with Crippen molar-refractivity contribution in [2.75, 3.05) is 49.6 Å². The molecule has 0 N–H and O–H groups in total. The monoisotopic (exact) mass is 385 g/mol. The van der Waals surface area contributed by atoms with Crippen molar-refractivity contribution in [3.63, 3.8) is 0 Å². The first-order valence-electron chi connectivity index (χ1n) is 10.1. The van der Waals surface area contributed by atoms with Crippen LogP contribution in [0.25, 0.3) is 6.08 Å². The van der Waals surface area contributed by atoms with Crippen LogP contribution in [0.5, 0.6) is 0 Å². The average Bonchev–Trinajstić information content (AvgIpc) is 2.80. The van der Waals surface area contributed by atoms with Crippen molar-refractivity contribution >= 4 is 23.5 Å². The second-order valence-electron chi connectivity index (χ2n) is 7.21. The fourth-order valence-electron chi connectivity index (χ4n) is 3.51. The first kappa shape index (κ1) is 19.2. The van der Waals surface area contributed by atoms with E-state index in [1.165, 1.54) is 5.56 Å². The van der Waals surface area contributed by atoms with E-state index in [-0.39, 0.29) is 0 Å². The van der Waals surface area contributed by atoms with Crippen molar-refractivity contribution in [3.05, 3.63) is 84.6 Å². The van der Waals surface area contributed by atoms with Crippen LogP contribution in [0.3, 0.4) is 0 Å². The molecule has 5 nitrogen and oxygen atoms in total. The first-order chi connectivity index (χ1) is 14.3. The van der Waals surface area contributed by atoms with E-state index in [9.17, 15) is 0 Å². The molecular weight excluding hydrogens is 358 g/mol. The second kappa shape index (κ2) is 9.34. The largest absolute Gasteiger partial charge is 0.354 e. The zero-order chi connectivity index (χ0) is 19.9. The fourth-order valence-corrected chi connectivity index (χ4v) is 3.51. The van der Waals surface area contributed by atoms with Crippen molar-refractivity contribution in [3.8, 4) is 0 Å². The van der Waals surface area contributed by atoms with Gasteiger partial charge in [-0.05, 0) is 23.8 Å². The van der Waals surface area contributed by atoms with Gasteiger partial charge in [0.2, 0.25) is 5.95 Å². The number of hydrogen-bond donors (Lipinski definition) is 0. The van der Waals surface area contributed by atoms with E-state index in [0.717, 1.165) is 50.2 Å². The Morgan fingerprint density at radius 1 is 0.897 bits per heavy atom. The highest BCUT2D eigenvalue weighted by atomic mass is 15.3. The molecular formula is C24H27N5. The van der Waals surface area contributed by atoms with E-state index in [4.69, 9.17) is 4.98 Å². The van der Waals surface area contributed by atoms with Crippen LogP contribution in [-0.4, -0.2) is 54.6 Å². The van der Waals surface area contributed by atoms with Gasteiger partial charge >= 0.3 is 0 Å². The maximum absolute atomic E-state index is 4.81. The Kier molecular flexibility index (Phi) is 6.17. The molecule has 4 rings (SSSR count). The molecule has 1 aromatic heterocycles. The number of anilines is 3. The maximum atomic E-state index is 4.81. The predicted octanol–water partition coefficient (Wildman–Crippen LogP) is 4.08. The van der Waals surface area contributed by atoms with Gasteiger partial charge in [0.25, 0.3) is 0 Å². The molecule has 0 atom stereocenters. The molecule has 0 unspecified atom stereocenters. The zero-order valence-corrected chi connectivity index (χ0v) is 16.9. The summed E-state index contributed by atoms with van der Waals surface area (Å²) < 4.78 is 0. The van der Waals surface area contributed by atoms with Crippen LogP contribution in [0.15, 0.2) is 79.0 Å². The highest BCUT2D eigenvalue weighted by Crippen LogP contribution is 2.22. The van der Waals surface area contributed by atoms with Gasteiger partial charge < -0.3 is 9.80 Å². The molecule has 1 saturated heterocycles. The lowest BCUT2D eigenvalue weighted by molar-refractivity contribution is 0.283. The van der Waals surface area contributed by atoms with Gasteiger partial charge in [-0.25, -0.2) is 4.98 Å². The van der Waals surface area contributed by atoms with Gasteiger partial charge in [0.05, 0.1) is 0 Å². The third-order valence-electron chi connectivity index (χ3n) is 5.24. The molecule has 0 radical (unpaired) electrons. The van der Waals surface area contributed by atoms with Crippen LogP contribution in [0.1, 0.15) is 5.56 Å². The molecule has 0 bridgehead atoms. The molecule has 1 aliphatic rings. The lowest BCUT2D eigenvalue weighted by Gasteiger charge is -2.35. The molecule has 3 aromatic rings. The Hall–Kier alpha value is -3.18. The van der Waals surface area contributed by atoms with Crippen molar-refractivity contribution in [1.29, 1.82) is 0 Å². The van der Waals surface area contributed by atoms with Gasteiger partial charge in [-0.3, -0.25) is 4.90 Å². The molecule has 0 amide bonds. The smallest absolute Gasteiger partial charge is 0.231 e. The van der Waals surface area contributed by atoms with E-state index in [2.05, 4.69) is 63.3 Å². The molecule has 0 saturated carbocycles. The Labute approximate surface area is 172 Å². The molecule has 0 aliphatic carbocycles. The molecule has 1 fully saturated rings. The average molecular weight is 386 g/mol. The van der Waals surface area contributed by atoms with E-state index < -0.39 is 0 Å². The van der Waals surface area contributed by atoms with Crippen LogP contribution in [0.2, 0.25) is 0 Å². The summed E-state index contributed by atoms with van der Waals surface area (Å²) in [7, 11) is 2.01. The van der Waals surface area contributed by atoms with Crippen LogP contribution >= 0.6 is 0 Å². The number of aromatic nitrogens is 2. The van der Waals surface area contributed by atoms with Crippen LogP contribution in [0.4, 0.5) is 17.5 Å². The number of nitrogens with zero attached hydrogens (tertiary/aromatic N) is 5. The van der Waals surface area contributed by atoms with E-state index in [1.807, 2.05) is 48.5 Å². The lowest BCUT2D eigenvalue weighted by atomic mass is 10.2. The Balaban J connectivity index is 1.33. The molecule has 1 aliphatic heterocycles. The predicted molar refractivity (Wildman–Crippen MR) is 121 cm³/mol. The van der Waals surface area contributed by atoms with Crippen molar-refractivity contribution in [2.45, 2.75) is 0 Å². The number of rotatable bonds is 6. The minimum Gasteiger partial charge on any atom is -0.354 e. The third-order valence-corrected chi connectivity index (χ3v) is 5.24. The normalized spacial score (nSPS) is 15.0.